The van der Waals surface area contributed by atoms with Gasteiger partial charge in [-0.25, -0.2) is 0 Å². The highest BCUT2D eigenvalue weighted by atomic mass is 32.1. The van der Waals surface area contributed by atoms with E-state index in [0.717, 1.165) is 25.1 Å². The van der Waals surface area contributed by atoms with Crippen LogP contribution in [-0.4, -0.2) is 34.7 Å². The molecular formula is C13H20N2OS. The number of nitrogens with zero attached hydrogens (tertiary/aromatic N) is 1. The zero-order valence-corrected chi connectivity index (χ0v) is 11.2. The van der Waals surface area contributed by atoms with E-state index in [0.29, 0.717) is 4.99 Å². The summed E-state index contributed by atoms with van der Waals surface area (Å²) in [7, 11) is 2.04. The summed E-state index contributed by atoms with van der Waals surface area (Å²) in [6, 6.07) is 7.95. The first-order chi connectivity index (χ1) is 7.99. The van der Waals surface area contributed by atoms with Crippen LogP contribution in [0, 0.1) is 0 Å². The van der Waals surface area contributed by atoms with Crippen LogP contribution in [0.2, 0.25) is 0 Å². The number of aliphatic hydroxyl groups excluding tert-OH is 1. The fourth-order valence-electron chi connectivity index (χ4n) is 1.62. The Morgan fingerprint density at radius 1 is 1.53 bits per heavy atom. The average Bonchev–Trinajstić information content (AvgIpc) is 2.26. The number of rotatable bonds is 6. The molecule has 0 aliphatic heterocycles. The molecule has 94 valence electrons. The van der Waals surface area contributed by atoms with Gasteiger partial charge in [0.05, 0.1) is 6.10 Å². The molecule has 1 aromatic carbocycles. The molecule has 0 saturated carbocycles. The molecule has 3 N–H and O–H groups in total. The summed E-state index contributed by atoms with van der Waals surface area (Å²) in [4.78, 5) is 2.60. The zero-order valence-electron chi connectivity index (χ0n) is 10.4. The van der Waals surface area contributed by atoms with Crippen molar-refractivity contribution in [1.29, 1.82) is 0 Å². The van der Waals surface area contributed by atoms with Gasteiger partial charge in [-0.05, 0) is 32.0 Å². The summed E-state index contributed by atoms with van der Waals surface area (Å²) in [5.74, 6) is 0. The van der Waals surface area contributed by atoms with Crippen LogP contribution in [0.1, 0.15) is 24.5 Å². The topological polar surface area (TPSA) is 49.5 Å². The maximum atomic E-state index is 9.22. The molecule has 3 nitrogen and oxygen atoms in total. The maximum Gasteiger partial charge on any atom is 0.103 e. The molecule has 0 heterocycles. The molecule has 0 aliphatic carbocycles. The Kier molecular flexibility index (Phi) is 5.55. The smallest absolute Gasteiger partial charge is 0.103 e. The van der Waals surface area contributed by atoms with Gasteiger partial charge in [-0.2, -0.15) is 0 Å². The minimum Gasteiger partial charge on any atom is -0.393 e. The summed E-state index contributed by atoms with van der Waals surface area (Å²) in [5.41, 5.74) is 7.68. The molecule has 1 rings (SSSR count). The fourth-order valence-corrected chi connectivity index (χ4v) is 1.75. The van der Waals surface area contributed by atoms with E-state index in [-0.39, 0.29) is 6.10 Å². The van der Waals surface area contributed by atoms with E-state index in [4.69, 9.17) is 18.0 Å². The first kappa shape index (κ1) is 14.1. The predicted molar refractivity (Wildman–Crippen MR) is 75.0 cm³/mol. The molecule has 4 heteroatoms. The van der Waals surface area contributed by atoms with Crippen molar-refractivity contribution >= 4 is 17.2 Å². The van der Waals surface area contributed by atoms with E-state index in [1.54, 1.807) is 6.92 Å². The minimum atomic E-state index is -0.250. The van der Waals surface area contributed by atoms with Crippen molar-refractivity contribution < 1.29 is 5.11 Å². The lowest BCUT2D eigenvalue weighted by Crippen LogP contribution is -2.22. The Hall–Kier alpha value is -0.970. The van der Waals surface area contributed by atoms with E-state index in [2.05, 4.69) is 11.0 Å². The highest BCUT2D eigenvalue weighted by Gasteiger charge is 2.04. The predicted octanol–water partition coefficient (Wildman–Crippen LogP) is 1.52. The summed E-state index contributed by atoms with van der Waals surface area (Å²) < 4.78 is 0. The van der Waals surface area contributed by atoms with Crippen LogP contribution in [-0.2, 0) is 6.54 Å². The molecule has 1 unspecified atom stereocenters. The monoisotopic (exact) mass is 252 g/mol. The minimum absolute atomic E-state index is 0.250. The molecule has 0 aromatic heterocycles. The first-order valence-corrected chi connectivity index (χ1v) is 6.15. The van der Waals surface area contributed by atoms with Crippen LogP contribution in [0.25, 0.3) is 0 Å². The Morgan fingerprint density at radius 2 is 2.24 bits per heavy atom. The highest BCUT2D eigenvalue weighted by molar-refractivity contribution is 7.80. The lowest BCUT2D eigenvalue weighted by atomic mass is 10.1. The summed E-state index contributed by atoms with van der Waals surface area (Å²) in [6.07, 6.45) is 0.534. The van der Waals surface area contributed by atoms with Gasteiger partial charge in [0.15, 0.2) is 0 Å². The lowest BCUT2D eigenvalue weighted by Gasteiger charge is -2.17. The van der Waals surface area contributed by atoms with Crippen LogP contribution in [0.5, 0.6) is 0 Å². The standard InChI is InChI=1S/C13H20N2OS/c1-10(16)6-7-15(2)9-11-4-3-5-12(8-11)13(14)17/h3-5,8,10,16H,6-7,9H2,1-2H3,(H2,14,17). The number of hydrogen-bond acceptors (Lipinski definition) is 3. The van der Waals surface area contributed by atoms with Gasteiger partial charge in [0.2, 0.25) is 0 Å². The largest absolute Gasteiger partial charge is 0.393 e. The summed E-state index contributed by atoms with van der Waals surface area (Å²) >= 11 is 4.95. The zero-order chi connectivity index (χ0) is 12.8. The molecular weight excluding hydrogens is 232 g/mol. The highest BCUT2D eigenvalue weighted by Crippen LogP contribution is 2.08. The third kappa shape index (κ3) is 5.26. The van der Waals surface area contributed by atoms with E-state index >= 15 is 0 Å². The molecule has 0 radical (unpaired) electrons. The second-order valence-corrected chi connectivity index (χ2v) is 4.88. The third-order valence-electron chi connectivity index (χ3n) is 2.59. The number of hydrogen-bond donors (Lipinski definition) is 2. The van der Waals surface area contributed by atoms with Gasteiger partial charge < -0.3 is 15.7 Å². The quantitative estimate of drug-likeness (QED) is 0.754. The van der Waals surface area contributed by atoms with Crippen LogP contribution >= 0.6 is 12.2 Å². The number of benzene rings is 1. The second-order valence-electron chi connectivity index (χ2n) is 4.44. The Bertz CT molecular complexity index is 379. The normalized spacial score (nSPS) is 12.7. The van der Waals surface area contributed by atoms with Crippen molar-refractivity contribution in [3.8, 4) is 0 Å². The van der Waals surface area contributed by atoms with E-state index in [1.165, 1.54) is 5.56 Å². The van der Waals surface area contributed by atoms with Gasteiger partial charge in [0.25, 0.3) is 0 Å². The van der Waals surface area contributed by atoms with Crippen molar-refractivity contribution in [1.82, 2.24) is 4.90 Å². The number of aliphatic hydroxyl groups is 1. The van der Waals surface area contributed by atoms with Crippen molar-refractivity contribution in [2.75, 3.05) is 13.6 Å². The molecule has 0 amide bonds. The van der Waals surface area contributed by atoms with Crippen LogP contribution in [0.15, 0.2) is 24.3 Å². The molecule has 17 heavy (non-hydrogen) atoms. The van der Waals surface area contributed by atoms with E-state index < -0.39 is 0 Å². The third-order valence-corrected chi connectivity index (χ3v) is 2.83. The van der Waals surface area contributed by atoms with Gasteiger partial charge in [-0.1, -0.05) is 30.4 Å². The summed E-state index contributed by atoms with van der Waals surface area (Å²) in [6.45, 7) is 3.51. The lowest BCUT2D eigenvalue weighted by molar-refractivity contribution is 0.163. The number of thiocarbonyl (C=S) groups is 1. The molecule has 0 aliphatic rings. The van der Waals surface area contributed by atoms with E-state index in [9.17, 15) is 5.11 Å². The van der Waals surface area contributed by atoms with Gasteiger partial charge in [0, 0.05) is 18.7 Å². The van der Waals surface area contributed by atoms with Crippen molar-refractivity contribution in [2.24, 2.45) is 5.73 Å². The van der Waals surface area contributed by atoms with Gasteiger partial charge >= 0.3 is 0 Å². The molecule has 0 bridgehead atoms. The summed E-state index contributed by atoms with van der Waals surface area (Å²) in [5, 5.41) is 9.22. The van der Waals surface area contributed by atoms with Gasteiger partial charge in [-0.15, -0.1) is 0 Å². The SMILES string of the molecule is CC(O)CCN(C)Cc1cccc(C(N)=S)c1. The van der Waals surface area contributed by atoms with Gasteiger partial charge in [0.1, 0.15) is 4.99 Å². The maximum absolute atomic E-state index is 9.22. The Balaban J connectivity index is 2.56. The fraction of sp³-hybridized carbons (Fsp3) is 0.462. The Morgan fingerprint density at radius 3 is 2.82 bits per heavy atom. The molecule has 1 aromatic rings. The first-order valence-electron chi connectivity index (χ1n) is 5.74. The van der Waals surface area contributed by atoms with Crippen molar-refractivity contribution in [3.05, 3.63) is 35.4 Å². The van der Waals surface area contributed by atoms with Crippen LogP contribution < -0.4 is 5.73 Å². The molecule has 0 fully saturated rings. The average molecular weight is 252 g/mol. The van der Waals surface area contributed by atoms with Crippen molar-refractivity contribution in [2.45, 2.75) is 26.0 Å². The van der Waals surface area contributed by atoms with Crippen LogP contribution in [0.4, 0.5) is 0 Å². The number of nitrogens with two attached hydrogens (primary N) is 1. The van der Waals surface area contributed by atoms with Crippen LogP contribution in [0.3, 0.4) is 0 Å². The molecule has 0 saturated heterocycles. The van der Waals surface area contributed by atoms with E-state index in [1.807, 2.05) is 25.2 Å². The molecule has 0 spiro atoms. The van der Waals surface area contributed by atoms with Gasteiger partial charge in [-0.3, -0.25) is 0 Å². The Labute approximate surface area is 108 Å². The van der Waals surface area contributed by atoms with Crippen molar-refractivity contribution in [3.63, 3.8) is 0 Å². The second kappa shape index (κ2) is 6.69. The molecule has 1 atom stereocenters.